The molecule has 0 bridgehead atoms. The molecule has 7 nitrogen and oxygen atoms in total. The minimum absolute atomic E-state index is 0.179. The van der Waals surface area contributed by atoms with Gasteiger partial charge in [0.05, 0.1) is 11.0 Å². The maximum Gasteiger partial charge on any atom is 0.326 e. The van der Waals surface area contributed by atoms with Crippen molar-refractivity contribution in [2.24, 2.45) is 13.0 Å². The molecule has 1 heterocycles. The number of carbonyl (C=O) groups is 2. The van der Waals surface area contributed by atoms with Crippen LogP contribution >= 0.6 is 0 Å². The summed E-state index contributed by atoms with van der Waals surface area (Å²) in [4.78, 5) is 37.7. The van der Waals surface area contributed by atoms with Gasteiger partial charge in [0.2, 0.25) is 0 Å². The zero-order valence-corrected chi connectivity index (χ0v) is 12.7. The van der Waals surface area contributed by atoms with Crippen molar-refractivity contribution >= 4 is 22.9 Å². The number of hydrogen-bond acceptors (Lipinski definition) is 3. The van der Waals surface area contributed by atoms with Crippen LogP contribution in [0.25, 0.3) is 11.0 Å². The first-order valence-electron chi connectivity index (χ1n) is 7.07. The summed E-state index contributed by atoms with van der Waals surface area (Å²) in [6.07, 6.45) is 0.641. The quantitative estimate of drug-likeness (QED) is 0.769. The van der Waals surface area contributed by atoms with E-state index in [2.05, 4.69) is 10.3 Å². The van der Waals surface area contributed by atoms with Gasteiger partial charge in [-0.3, -0.25) is 9.36 Å². The number of rotatable bonds is 5. The summed E-state index contributed by atoms with van der Waals surface area (Å²) in [5.41, 5.74) is 1.26. The van der Waals surface area contributed by atoms with Gasteiger partial charge in [0.15, 0.2) is 0 Å². The van der Waals surface area contributed by atoms with Crippen LogP contribution in [0.2, 0.25) is 0 Å². The van der Waals surface area contributed by atoms with Crippen LogP contribution in [0.15, 0.2) is 23.0 Å². The molecule has 2 atom stereocenters. The van der Waals surface area contributed by atoms with Crippen molar-refractivity contribution < 1.29 is 14.7 Å². The molecule has 0 saturated heterocycles. The van der Waals surface area contributed by atoms with Gasteiger partial charge in [0.25, 0.3) is 5.91 Å². The molecule has 1 aromatic heterocycles. The van der Waals surface area contributed by atoms with Gasteiger partial charge in [0, 0.05) is 12.6 Å². The Labute approximate surface area is 127 Å². The summed E-state index contributed by atoms with van der Waals surface area (Å²) < 4.78 is 1.40. The molecule has 22 heavy (non-hydrogen) atoms. The van der Waals surface area contributed by atoms with Gasteiger partial charge in [0.1, 0.15) is 6.04 Å². The highest BCUT2D eigenvalue weighted by Crippen LogP contribution is 2.14. The predicted octanol–water partition coefficient (Wildman–Crippen LogP) is 1.10. The topological polar surface area (TPSA) is 104 Å². The van der Waals surface area contributed by atoms with Crippen LogP contribution in [0.1, 0.15) is 30.6 Å². The van der Waals surface area contributed by atoms with Gasteiger partial charge < -0.3 is 15.4 Å². The van der Waals surface area contributed by atoms with Crippen LogP contribution in [0.4, 0.5) is 0 Å². The van der Waals surface area contributed by atoms with Crippen molar-refractivity contribution in [2.45, 2.75) is 26.3 Å². The molecule has 0 spiro atoms. The lowest BCUT2D eigenvalue weighted by atomic mass is 9.99. The average molecular weight is 305 g/mol. The van der Waals surface area contributed by atoms with Gasteiger partial charge in [-0.05, 0) is 24.1 Å². The monoisotopic (exact) mass is 305 g/mol. The number of nitrogens with one attached hydrogen (secondary N) is 2. The van der Waals surface area contributed by atoms with Crippen LogP contribution in [0.3, 0.4) is 0 Å². The van der Waals surface area contributed by atoms with Crippen LogP contribution in [0.5, 0.6) is 0 Å². The number of hydrogen-bond donors (Lipinski definition) is 3. The van der Waals surface area contributed by atoms with Crippen molar-refractivity contribution in [3.63, 3.8) is 0 Å². The first-order valence-corrected chi connectivity index (χ1v) is 7.07. The number of nitrogens with zero attached hydrogens (tertiary/aromatic N) is 1. The van der Waals surface area contributed by atoms with Gasteiger partial charge in [-0.15, -0.1) is 0 Å². The molecular formula is C15H19N3O4. The van der Waals surface area contributed by atoms with Crippen molar-refractivity contribution in [1.82, 2.24) is 14.9 Å². The molecule has 1 aromatic carbocycles. The molecule has 2 aromatic rings. The van der Waals surface area contributed by atoms with Crippen LogP contribution in [-0.4, -0.2) is 32.6 Å². The molecule has 0 fully saturated rings. The first-order chi connectivity index (χ1) is 10.3. The Kier molecular flexibility index (Phi) is 4.35. The SMILES string of the molecule is CCC(C)C(NC(=O)c1ccc2[nH]c(=O)n(C)c2c1)C(=O)O. The lowest BCUT2D eigenvalue weighted by Gasteiger charge is -2.20. The number of carboxylic acids is 1. The molecule has 3 N–H and O–H groups in total. The van der Waals surface area contributed by atoms with E-state index in [1.807, 2.05) is 6.92 Å². The zero-order chi connectivity index (χ0) is 16.4. The fraction of sp³-hybridized carbons (Fsp3) is 0.400. The van der Waals surface area contributed by atoms with Gasteiger partial charge in [-0.1, -0.05) is 20.3 Å². The van der Waals surface area contributed by atoms with E-state index in [-0.39, 0.29) is 11.6 Å². The zero-order valence-electron chi connectivity index (χ0n) is 12.7. The Morgan fingerprint density at radius 3 is 2.68 bits per heavy atom. The van der Waals surface area contributed by atoms with E-state index < -0.39 is 17.9 Å². The minimum Gasteiger partial charge on any atom is -0.480 e. The largest absolute Gasteiger partial charge is 0.480 e. The maximum atomic E-state index is 12.3. The third kappa shape index (κ3) is 2.88. The van der Waals surface area contributed by atoms with E-state index in [1.54, 1.807) is 32.2 Å². The molecule has 0 aliphatic carbocycles. The summed E-state index contributed by atoms with van der Waals surface area (Å²) >= 11 is 0. The Hall–Kier alpha value is -2.57. The average Bonchev–Trinajstić information content (AvgIpc) is 2.78. The Morgan fingerprint density at radius 1 is 1.41 bits per heavy atom. The lowest BCUT2D eigenvalue weighted by molar-refractivity contribution is -0.140. The normalized spacial score (nSPS) is 13.8. The highest BCUT2D eigenvalue weighted by molar-refractivity contribution is 5.99. The maximum absolute atomic E-state index is 12.3. The number of carboxylic acid groups (broad SMARTS) is 1. The molecule has 2 rings (SSSR count). The van der Waals surface area contributed by atoms with Crippen molar-refractivity contribution in [3.8, 4) is 0 Å². The second-order valence-corrected chi connectivity index (χ2v) is 5.40. The number of amides is 1. The number of fused-ring (bicyclic) bond motifs is 1. The summed E-state index contributed by atoms with van der Waals surface area (Å²) in [5.74, 6) is -1.71. The predicted molar refractivity (Wildman–Crippen MR) is 81.9 cm³/mol. The van der Waals surface area contributed by atoms with E-state index in [1.165, 1.54) is 4.57 Å². The van der Waals surface area contributed by atoms with Gasteiger partial charge >= 0.3 is 11.7 Å². The van der Waals surface area contributed by atoms with E-state index in [0.717, 1.165) is 0 Å². The summed E-state index contributed by atoms with van der Waals surface area (Å²) in [5, 5.41) is 11.8. The Morgan fingerprint density at radius 2 is 2.09 bits per heavy atom. The van der Waals surface area contributed by atoms with Gasteiger partial charge in [-0.2, -0.15) is 0 Å². The van der Waals surface area contributed by atoms with Crippen LogP contribution in [0, 0.1) is 5.92 Å². The molecule has 0 radical (unpaired) electrons. The third-order valence-corrected chi connectivity index (χ3v) is 3.93. The molecule has 7 heteroatoms. The number of aromatic amines is 1. The summed E-state index contributed by atoms with van der Waals surface area (Å²) in [6, 6.07) is 3.81. The molecule has 118 valence electrons. The molecule has 2 unspecified atom stereocenters. The van der Waals surface area contributed by atoms with E-state index in [9.17, 15) is 19.5 Å². The highest BCUT2D eigenvalue weighted by atomic mass is 16.4. The summed E-state index contributed by atoms with van der Waals surface area (Å²) in [6.45, 7) is 3.65. The highest BCUT2D eigenvalue weighted by Gasteiger charge is 2.25. The number of H-pyrrole nitrogens is 1. The second-order valence-electron chi connectivity index (χ2n) is 5.40. The van der Waals surface area contributed by atoms with E-state index >= 15 is 0 Å². The van der Waals surface area contributed by atoms with Crippen molar-refractivity contribution in [2.75, 3.05) is 0 Å². The standard InChI is InChI=1S/C15H19N3O4/c1-4-8(2)12(14(20)21)17-13(19)9-5-6-10-11(7-9)18(3)15(22)16-10/h5-8,12H,4H2,1-3H3,(H,16,22)(H,17,19)(H,20,21). The Balaban J connectivity index is 2.31. The number of aromatic nitrogens is 2. The van der Waals surface area contributed by atoms with Gasteiger partial charge in [-0.25, -0.2) is 9.59 Å². The number of aliphatic carboxylic acids is 1. The van der Waals surface area contributed by atoms with E-state index in [0.29, 0.717) is 23.0 Å². The Bertz CT molecular complexity index is 775. The molecular weight excluding hydrogens is 286 g/mol. The minimum atomic E-state index is -1.06. The number of imidazole rings is 1. The van der Waals surface area contributed by atoms with Crippen molar-refractivity contribution in [1.29, 1.82) is 0 Å². The molecule has 0 aliphatic rings. The molecule has 1 amide bonds. The lowest BCUT2D eigenvalue weighted by Crippen LogP contribution is -2.45. The second kappa shape index (κ2) is 6.05. The summed E-state index contributed by atoms with van der Waals surface area (Å²) in [7, 11) is 1.60. The van der Waals surface area contributed by atoms with Crippen LogP contribution < -0.4 is 11.0 Å². The van der Waals surface area contributed by atoms with Crippen LogP contribution in [-0.2, 0) is 11.8 Å². The third-order valence-electron chi connectivity index (χ3n) is 3.93. The smallest absolute Gasteiger partial charge is 0.326 e. The fourth-order valence-electron chi connectivity index (χ4n) is 2.27. The fourth-order valence-corrected chi connectivity index (χ4v) is 2.27. The number of aryl methyl sites for hydroxylation is 1. The molecule has 0 aliphatic heterocycles. The number of carbonyl (C=O) groups excluding carboxylic acids is 1. The molecule has 0 saturated carbocycles. The van der Waals surface area contributed by atoms with E-state index in [4.69, 9.17) is 0 Å². The number of benzene rings is 1. The van der Waals surface area contributed by atoms with Crippen molar-refractivity contribution in [3.05, 3.63) is 34.2 Å². The first kappa shape index (κ1) is 15.8.